The summed E-state index contributed by atoms with van der Waals surface area (Å²) in [6, 6.07) is 20.0. The van der Waals surface area contributed by atoms with Crippen LogP contribution in [0.3, 0.4) is 0 Å². The number of anilines is 1. The van der Waals surface area contributed by atoms with Gasteiger partial charge in [-0.1, -0.05) is 30.3 Å². The van der Waals surface area contributed by atoms with Crippen LogP contribution in [0.25, 0.3) is 10.9 Å². The highest BCUT2D eigenvalue weighted by Gasteiger charge is 2.35. The van der Waals surface area contributed by atoms with Gasteiger partial charge in [0, 0.05) is 60.9 Å². The van der Waals surface area contributed by atoms with Gasteiger partial charge in [-0.3, -0.25) is 9.78 Å². The highest BCUT2D eigenvalue weighted by molar-refractivity contribution is 5.96. The third-order valence-electron chi connectivity index (χ3n) is 5.90. The van der Waals surface area contributed by atoms with E-state index in [4.69, 9.17) is 0 Å². The molecule has 1 atom stereocenters. The number of rotatable bonds is 3. The second-order valence-electron chi connectivity index (χ2n) is 7.95. The molecule has 4 aromatic rings. The topological polar surface area (TPSA) is 52.2 Å². The number of benzene rings is 2. The molecule has 2 aromatic carbocycles. The minimum Gasteiger partial charge on any atom is -0.378 e. The van der Waals surface area contributed by atoms with Gasteiger partial charge in [-0.25, -0.2) is 0 Å². The first-order chi connectivity index (χ1) is 14.6. The molecule has 0 bridgehead atoms. The molecule has 1 amide bonds. The molecule has 0 spiro atoms. The van der Waals surface area contributed by atoms with E-state index in [9.17, 15) is 4.79 Å². The number of carbonyl (C=O) groups is 1. The Hall–Kier alpha value is -3.60. The lowest BCUT2D eigenvalue weighted by Crippen LogP contribution is -2.40. The number of aromatic nitrogens is 2. The number of para-hydroxylation sites is 1. The quantitative estimate of drug-likeness (QED) is 0.558. The third kappa shape index (κ3) is 3.03. The number of nitrogens with one attached hydrogen (secondary N) is 1. The number of fused-ring (bicyclic) bond motifs is 3. The lowest BCUT2D eigenvalue weighted by atomic mass is 9.92. The molecule has 0 fully saturated rings. The molecule has 5 nitrogen and oxygen atoms in total. The monoisotopic (exact) mass is 396 g/mol. The maximum Gasteiger partial charge on any atom is 0.254 e. The fraction of sp³-hybridized carbons (Fsp3) is 0.200. The Labute approximate surface area is 176 Å². The summed E-state index contributed by atoms with van der Waals surface area (Å²) in [6.07, 6.45) is 4.46. The summed E-state index contributed by atoms with van der Waals surface area (Å²) in [7, 11) is 3.97. The van der Waals surface area contributed by atoms with Crippen LogP contribution in [0.5, 0.6) is 0 Å². The van der Waals surface area contributed by atoms with Gasteiger partial charge in [0.1, 0.15) is 0 Å². The van der Waals surface area contributed by atoms with Gasteiger partial charge in [0.05, 0.1) is 6.04 Å². The first-order valence-electron chi connectivity index (χ1n) is 10.2. The van der Waals surface area contributed by atoms with Gasteiger partial charge in [-0.15, -0.1) is 0 Å². The lowest BCUT2D eigenvalue weighted by Gasteiger charge is -2.36. The van der Waals surface area contributed by atoms with Crippen molar-refractivity contribution >= 4 is 22.5 Å². The van der Waals surface area contributed by atoms with Crippen molar-refractivity contribution in [3.8, 4) is 0 Å². The molecule has 0 saturated heterocycles. The molecular formula is C25H24N4O. The summed E-state index contributed by atoms with van der Waals surface area (Å²) in [5, 5.41) is 1.24. The number of pyridine rings is 1. The van der Waals surface area contributed by atoms with Crippen LogP contribution in [-0.2, 0) is 6.42 Å². The molecule has 1 N–H and O–H groups in total. The molecule has 1 aliphatic rings. The number of H-pyrrole nitrogens is 1. The maximum atomic E-state index is 13.7. The molecule has 5 rings (SSSR count). The van der Waals surface area contributed by atoms with E-state index in [1.165, 1.54) is 10.9 Å². The van der Waals surface area contributed by atoms with Crippen molar-refractivity contribution in [2.24, 2.45) is 0 Å². The van der Waals surface area contributed by atoms with Gasteiger partial charge < -0.3 is 14.8 Å². The van der Waals surface area contributed by atoms with Crippen LogP contribution in [-0.4, -0.2) is 41.4 Å². The molecule has 0 radical (unpaired) electrons. The van der Waals surface area contributed by atoms with Crippen LogP contribution >= 0.6 is 0 Å². The maximum absolute atomic E-state index is 13.7. The van der Waals surface area contributed by atoms with Crippen molar-refractivity contribution in [1.29, 1.82) is 0 Å². The van der Waals surface area contributed by atoms with Crippen molar-refractivity contribution in [1.82, 2.24) is 14.9 Å². The smallest absolute Gasteiger partial charge is 0.254 e. The molecule has 2 aromatic heterocycles. The Bertz CT molecular complexity index is 1210. The minimum atomic E-state index is -0.189. The van der Waals surface area contributed by atoms with Crippen LogP contribution < -0.4 is 4.90 Å². The SMILES string of the molecule is CN(C)c1cccc(C(=O)N2CCc3c([nH]c4ccccc34)[C@H]2c2cccnc2)c1. The van der Waals surface area contributed by atoms with Crippen molar-refractivity contribution in [2.75, 3.05) is 25.5 Å². The molecule has 5 heteroatoms. The summed E-state index contributed by atoms with van der Waals surface area (Å²) < 4.78 is 0. The van der Waals surface area contributed by atoms with Gasteiger partial charge in [0.15, 0.2) is 0 Å². The van der Waals surface area contributed by atoms with E-state index in [0.29, 0.717) is 12.1 Å². The first-order valence-corrected chi connectivity index (χ1v) is 10.2. The summed E-state index contributed by atoms with van der Waals surface area (Å²) in [5.41, 5.74) is 6.23. The Kier molecular flexibility index (Phi) is 4.51. The molecule has 150 valence electrons. The zero-order valence-corrected chi connectivity index (χ0v) is 17.2. The zero-order chi connectivity index (χ0) is 20.7. The fourth-order valence-electron chi connectivity index (χ4n) is 4.43. The molecule has 0 saturated carbocycles. The number of carbonyl (C=O) groups excluding carboxylic acids is 1. The molecular weight excluding hydrogens is 372 g/mol. The van der Waals surface area contributed by atoms with Crippen molar-refractivity contribution in [3.63, 3.8) is 0 Å². The predicted molar refractivity (Wildman–Crippen MR) is 120 cm³/mol. The van der Waals surface area contributed by atoms with Gasteiger partial charge >= 0.3 is 0 Å². The van der Waals surface area contributed by atoms with E-state index in [2.05, 4.69) is 34.2 Å². The second-order valence-corrected chi connectivity index (χ2v) is 7.95. The van der Waals surface area contributed by atoms with Gasteiger partial charge in [-0.2, -0.15) is 0 Å². The van der Waals surface area contributed by atoms with E-state index in [1.807, 2.05) is 66.5 Å². The molecule has 1 aliphatic heterocycles. The minimum absolute atomic E-state index is 0.0388. The second kappa shape index (κ2) is 7.34. The molecule has 3 heterocycles. The fourth-order valence-corrected chi connectivity index (χ4v) is 4.43. The molecule has 30 heavy (non-hydrogen) atoms. The first kappa shape index (κ1) is 18.4. The normalized spacial score (nSPS) is 15.8. The van der Waals surface area contributed by atoms with Crippen molar-refractivity contribution in [3.05, 3.63) is 95.4 Å². The van der Waals surface area contributed by atoms with Crippen LogP contribution in [0.15, 0.2) is 73.1 Å². The highest BCUT2D eigenvalue weighted by Crippen LogP contribution is 2.39. The predicted octanol–water partition coefficient (Wildman–Crippen LogP) is 4.42. The van der Waals surface area contributed by atoms with E-state index in [-0.39, 0.29) is 11.9 Å². The standard InChI is InChI=1S/C25H24N4O/c1-28(2)19-9-5-7-17(15-19)25(30)29-14-12-21-20-10-3-4-11-22(20)27-23(21)24(29)18-8-6-13-26-16-18/h3-11,13,15-16,24,27H,12,14H2,1-2H3/t24-/m1/s1. The third-order valence-corrected chi connectivity index (χ3v) is 5.90. The van der Waals surface area contributed by atoms with E-state index in [0.717, 1.165) is 28.9 Å². The Balaban J connectivity index is 1.63. The highest BCUT2D eigenvalue weighted by atomic mass is 16.2. The number of hydrogen-bond donors (Lipinski definition) is 1. The lowest BCUT2D eigenvalue weighted by molar-refractivity contribution is 0.0692. The zero-order valence-electron chi connectivity index (χ0n) is 17.2. The van der Waals surface area contributed by atoms with Crippen molar-refractivity contribution < 1.29 is 4.79 Å². The van der Waals surface area contributed by atoms with E-state index >= 15 is 0 Å². The van der Waals surface area contributed by atoms with Gasteiger partial charge in [0.25, 0.3) is 5.91 Å². The van der Waals surface area contributed by atoms with Gasteiger partial charge in [0.2, 0.25) is 0 Å². The number of nitrogens with zero attached hydrogens (tertiary/aromatic N) is 3. The Morgan fingerprint density at radius 2 is 1.97 bits per heavy atom. The van der Waals surface area contributed by atoms with Crippen LogP contribution in [0.4, 0.5) is 5.69 Å². The Morgan fingerprint density at radius 1 is 1.10 bits per heavy atom. The number of hydrogen-bond acceptors (Lipinski definition) is 3. The van der Waals surface area contributed by atoms with Gasteiger partial charge in [-0.05, 0) is 47.9 Å². The number of amides is 1. The molecule has 0 unspecified atom stereocenters. The van der Waals surface area contributed by atoms with E-state index in [1.54, 1.807) is 6.20 Å². The summed E-state index contributed by atoms with van der Waals surface area (Å²) >= 11 is 0. The van der Waals surface area contributed by atoms with Crippen LogP contribution in [0.1, 0.15) is 33.2 Å². The largest absolute Gasteiger partial charge is 0.378 e. The molecule has 0 aliphatic carbocycles. The van der Waals surface area contributed by atoms with Crippen molar-refractivity contribution in [2.45, 2.75) is 12.5 Å². The number of aromatic amines is 1. The summed E-state index contributed by atoms with van der Waals surface area (Å²) in [5.74, 6) is 0.0388. The van der Waals surface area contributed by atoms with Crippen LogP contribution in [0, 0.1) is 0 Å². The Morgan fingerprint density at radius 3 is 2.77 bits per heavy atom. The summed E-state index contributed by atoms with van der Waals surface area (Å²) in [4.78, 5) is 25.6. The van der Waals surface area contributed by atoms with Crippen LogP contribution in [0.2, 0.25) is 0 Å². The average Bonchev–Trinajstić information content (AvgIpc) is 3.17. The average molecular weight is 396 g/mol. The summed E-state index contributed by atoms with van der Waals surface area (Å²) in [6.45, 7) is 0.666. The van der Waals surface area contributed by atoms with E-state index < -0.39 is 0 Å².